The fourth-order valence-electron chi connectivity index (χ4n) is 2.75. The van der Waals surface area contributed by atoms with Gasteiger partial charge in [0.2, 0.25) is 10.0 Å². The molecule has 0 aliphatic rings. The molecule has 6 heteroatoms. The summed E-state index contributed by atoms with van der Waals surface area (Å²) < 4.78 is 26.4. The Morgan fingerprint density at radius 3 is 1.97 bits per heavy atom. The van der Waals surface area contributed by atoms with Crippen molar-refractivity contribution in [1.82, 2.24) is 4.72 Å². The van der Waals surface area contributed by atoms with Crippen molar-refractivity contribution in [2.24, 2.45) is 0 Å². The molecule has 0 aliphatic heterocycles. The Morgan fingerprint density at radius 1 is 0.931 bits per heavy atom. The average molecular weight is 417 g/mol. The Balaban J connectivity index is 1.98. The number of rotatable bonds is 7. The van der Waals surface area contributed by atoms with Crippen molar-refractivity contribution in [2.75, 3.05) is 11.9 Å². The molecule has 0 aromatic heterocycles. The van der Waals surface area contributed by atoms with Crippen molar-refractivity contribution in [3.05, 3.63) is 65.2 Å². The van der Waals surface area contributed by atoms with Gasteiger partial charge in [-0.2, -0.15) is 0 Å². The summed E-state index contributed by atoms with van der Waals surface area (Å²) in [6, 6.07) is 15.1. The average Bonchev–Trinajstić information content (AvgIpc) is 2.66. The van der Waals surface area contributed by atoms with E-state index >= 15 is 0 Å². The van der Waals surface area contributed by atoms with Crippen LogP contribution in [-0.2, 0) is 15.4 Å². The zero-order valence-electron chi connectivity index (χ0n) is 18.1. The Bertz CT molecular complexity index is 926. The molecule has 1 atom stereocenters. The first kappa shape index (κ1) is 23.1. The lowest BCUT2D eigenvalue weighted by Gasteiger charge is -2.19. The SMILES string of the molecule is CC(CNS(=O)(=O)C(C)C)c1ccc(NC(=O)c2ccc(C(C)(C)C)cc2)cc1. The molecule has 0 saturated carbocycles. The normalized spacial score (nSPS) is 13.3. The molecule has 0 spiro atoms. The smallest absolute Gasteiger partial charge is 0.255 e. The van der Waals surface area contributed by atoms with Gasteiger partial charge in [-0.3, -0.25) is 4.79 Å². The van der Waals surface area contributed by atoms with E-state index in [-0.39, 0.29) is 17.2 Å². The highest BCUT2D eigenvalue weighted by atomic mass is 32.2. The lowest BCUT2D eigenvalue weighted by atomic mass is 9.87. The van der Waals surface area contributed by atoms with E-state index in [9.17, 15) is 13.2 Å². The van der Waals surface area contributed by atoms with Crippen LogP contribution in [0, 0.1) is 0 Å². The van der Waals surface area contributed by atoms with Crippen LogP contribution >= 0.6 is 0 Å². The number of nitrogens with one attached hydrogen (secondary N) is 2. The Kier molecular flexibility index (Phi) is 7.25. The van der Waals surface area contributed by atoms with E-state index in [1.165, 1.54) is 5.56 Å². The molecule has 1 unspecified atom stereocenters. The third kappa shape index (κ3) is 6.41. The molecule has 0 fully saturated rings. The van der Waals surface area contributed by atoms with E-state index in [1.807, 2.05) is 55.5 Å². The van der Waals surface area contributed by atoms with Gasteiger partial charge in [0.25, 0.3) is 5.91 Å². The second-order valence-electron chi connectivity index (χ2n) is 8.75. The molecule has 0 bridgehead atoms. The highest BCUT2D eigenvalue weighted by Gasteiger charge is 2.17. The first-order valence-corrected chi connectivity index (χ1v) is 11.4. The summed E-state index contributed by atoms with van der Waals surface area (Å²) in [4.78, 5) is 12.5. The number of anilines is 1. The molecule has 0 heterocycles. The topological polar surface area (TPSA) is 75.3 Å². The maximum absolute atomic E-state index is 12.5. The Hall–Kier alpha value is -2.18. The number of carbonyl (C=O) groups excluding carboxylic acids is 1. The van der Waals surface area contributed by atoms with Crippen LogP contribution in [0.25, 0.3) is 0 Å². The first-order chi connectivity index (χ1) is 13.4. The molecule has 1 amide bonds. The third-order valence-corrected chi connectivity index (χ3v) is 6.77. The molecule has 2 N–H and O–H groups in total. The van der Waals surface area contributed by atoms with Crippen molar-refractivity contribution in [1.29, 1.82) is 0 Å². The highest BCUT2D eigenvalue weighted by molar-refractivity contribution is 7.90. The van der Waals surface area contributed by atoms with E-state index in [1.54, 1.807) is 13.8 Å². The number of hydrogen-bond acceptors (Lipinski definition) is 3. The van der Waals surface area contributed by atoms with Gasteiger partial charge in [-0.15, -0.1) is 0 Å². The van der Waals surface area contributed by atoms with E-state index in [4.69, 9.17) is 0 Å². The molecule has 2 aromatic carbocycles. The van der Waals surface area contributed by atoms with E-state index < -0.39 is 15.3 Å². The zero-order valence-corrected chi connectivity index (χ0v) is 18.9. The van der Waals surface area contributed by atoms with Crippen molar-refractivity contribution in [2.45, 2.75) is 58.1 Å². The molecule has 2 rings (SSSR count). The summed E-state index contributed by atoms with van der Waals surface area (Å²) in [5.74, 6) is -0.130. The van der Waals surface area contributed by atoms with Gasteiger partial charge < -0.3 is 5.32 Å². The lowest BCUT2D eigenvalue weighted by molar-refractivity contribution is 0.102. The molecule has 29 heavy (non-hydrogen) atoms. The summed E-state index contributed by atoms with van der Waals surface area (Å²) in [6.45, 7) is 12.0. The van der Waals surface area contributed by atoms with E-state index in [0.29, 0.717) is 17.8 Å². The van der Waals surface area contributed by atoms with Gasteiger partial charge in [-0.05, 0) is 60.6 Å². The van der Waals surface area contributed by atoms with Crippen LogP contribution in [0.3, 0.4) is 0 Å². The fraction of sp³-hybridized carbons (Fsp3) is 0.435. The van der Waals surface area contributed by atoms with Gasteiger partial charge in [0.05, 0.1) is 5.25 Å². The molecule has 0 saturated heterocycles. The summed E-state index contributed by atoms with van der Waals surface area (Å²) in [5.41, 5.74) is 3.54. The quantitative estimate of drug-likeness (QED) is 0.689. The largest absolute Gasteiger partial charge is 0.322 e. The van der Waals surface area contributed by atoms with E-state index in [2.05, 4.69) is 30.8 Å². The summed E-state index contributed by atoms with van der Waals surface area (Å²) >= 11 is 0. The van der Waals surface area contributed by atoms with Crippen molar-refractivity contribution in [3.63, 3.8) is 0 Å². The van der Waals surface area contributed by atoms with Crippen molar-refractivity contribution < 1.29 is 13.2 Å². The van der Waals surface area contributed by atoms with Crippen LogP contribution in [0.1, 0.15) is 68.9 Å². The first-order valence-electron chi connectivity index (χ1n) is 9.90. The molecule has 0 radical (unpaired) electrons. The van der Waals surface area contributed by atoms with Gasteiger partial charge in [0, 0.05) is 17.8 Å². The van der Waals surface area contributed by atoms with Crippen LogP contribution in [-0.4, -0.2) is 26.1 Å². The minimum atomic E-state index is -3.28. The van der Waals surface area contributed by atoms with Crippen molar-refractivity contribution in [3.8, 4) is 0 Å². The Morgan fingerprint density at radius 2 is 1.48 bits per heavy atom. The van der Waals surface area contributed by atoms with Gasteiger partial charge in [-0.1, -0.05) is 52.0 Å². The third-order valence-electron chi connectivity index (χ3n) is 4.96. The molecular formula is C23H32N2O3S. The van der Waals surface area contributed by atoms with Gasteiger partial charge >= 0.3 is 0 Å². The predicted octanol–water partition coefficient (Wildman–Crippen LogP) is 4.67. The number of amides is 1. The highest BCUT2D eigenvalue weighted by Crippen LogP contribution is 2.23. The number of hydrogen-bond donors (Lipinski definition) is 2. The molecule has 5 nitrogen and oxygen atoms in total. The van der Waals surface area contributed by atoms with Crippen LogP contribution in [0.2, 0.25) is 0 Å². The zero-order chi connectivity index (χ0) is 21.8. The fourth-order valence-corrected chi connectivity index (χ4v) is 3.56. The van der Waals surface area contributed by atoms with Crippen molar-refractivity contribution >= 4 is 21.6 Å². The minimum Gasteiger partial charge on any atom is -0.322 e. The summed E-state index contributed by atoms with van der Waals surface area (Å²) in [7, 11) is -3.28. The maximum atomic E-state index is 12.5. The van der Waals surface area contributed by atoms with Crippen LogP contribution in [0.15, 0.2) is 48.5 Å². The lowest BCUT2D eigenvalue weighted by Crippen LogP contribution is -2.33. The van der Waals surface area contributed by atoms with Crippen LogP contribution in [0.4, 0.5) is 5.69 Å². The number of sulfonamides is 1. The molecule has 0 aliphatic carbocycles. The van der Waals surface area contributed by atoms with Gasteiger partial charge in [0.1, 0.15) is 0 Å². The number of carbonyl (C=O) groups is 1. The van der Waals surface area contributed by atoms with Gasteiger partial charge in [-0.25, -0.2) is 13.1 Å². The summed E-state index contributed by atoms with van der Waals surface area (Å²) in [5, 5.41) is 2.45. The second-order valence-corrected chi connectivity index (χ2v) is 11.1. The molecule has 2 aromatic rings. The monoisotopic (exact) mass is 416 g/mol. The second kappa shape index (κ2) is 9.09. The minimum absolute atomic E-state index is 0.0261. The van der Waals surface area contributed by atoms with Crippen LogP contribution in [0.5, 0.6) is 0 Å². The van der Waals surface area contributed by atoms with E-state index in [0.717, 1.165) is 5.56 Å². The van der Waals surface area contributed by atoms with Gasteiger partial charge in [0.15, 0.2) is 0 Å². The number of benzene rings is 2. The predicted molar refractivity (Wildman–Crippen MR) is 120 cm³/mol. The van der Waals surface area contributed by atoms with Crippen LogP contribution < -0.4 is 10.0 Å². The summed E-state index contributed by atoms with van der Waals surface area (Å²) in [6.07, 6.45) is 0. The standard InChI is InChI=1S/C23H32N2O3S/c1-16(2)29(27,28)24-15-17(3)18-9-13-21(14-10-18)25-22(26)19-7-11-20(12-8-19)23(4,5)6/h7-14,16-17,24H,15H2,1-6H3,(H,25,26). The Labute approximate surface area is 175 Å². The molecular weight excluding hydrogens is 384 g/mol. The maximum Gasteiger partial charge on any atom is 0.255 e. The molecule has 158 valence electrons.